The Morgan fingerprint density at radius 1 is 1.32 bits per heavy atom. The van der Waals surface area contributed by atoms with Crippen molar-refractivity contribution in [2.24, 2.45) is 5.92 Å². The van der Waals surface area contributed by atoms with Gasteiger partial charge in [-0.05, 0) is 45.5 Å². The quantitative estimate of drug-likeness (QED) is 0.810. The molecule has 2 aliphatic heterocycles. The van der Waals surface area contributed by atoms with E-state index in [0.717, 1.165) is 31.6 Å². The van der Waals surface area contributed by atoms with Gasteiger partial charge in [0.1, 0.15) is 0 Å². The fraction of sp³-hybridized carbons (Fsp3) is 0.632. The van der Waals surface area contributed by atoms with Crippen molar-refractivity contribution in [1.82, 2.24) is 19.7 Å². The van der Waals surface area contributed by atoms with Gasteiger partial charge in [0, 0.05) is 38.3 Å². The lowest BCUT2D eigenvalue weighted by Gasteiger charge is -2.38. The van der Waals surface area contributed by atoms with Crippen molar-refractivity contribution in [3.8, 4) is 0 Å². The summed E-state index contributed by atoms with van der Waals surface area (Å²) in [5, 5.41) is 0. The van der Waals surface area contributed by atoms with Gasteiger partial charge in [-0.2, -0.15) is 0 Å². The number of hydrogen-bond acceptors (Lipinski definition) is 4. The Kier molecular flexibility index (Phi) is 5.68. The van der Waals surface area contributed by atoms with Crippen LogP contribution in [0.4, 0.5) is 0 Å². The maximum Gasteiger partial charge on any atom is 0.228 e. The largest absolute Gasteiger partial charge is 0.338 e. The van der Waals surface area contributed by atoms with Crippen LogP contribution >= 0.6 is 0 Å². The summed E-state index contributed by atoms with van der Waals surface area (Å²) in [5.41, 5.74) is 0.868. The van der Waals surface area contributed by atoms with Gasteiger partial charge in [-0.25, -0.2) is 0 Å². The van der Waals surface area contributed by atoms with Gasteiger partial charge in [0.05, 0.1) is 18.2 Å². The van der Waals surface area contributed by atoms with Crippen LogP contribution in [0, 0.1) is 5.92 Å². The minimum atomic E-state index is -0.209. The summed E-state index contributed by atoms with van der Waals surface area (Å²) < 4.78 is 0. The third kappa shape index (κ3) is 4.37. The Balaban J connectivity index is 1.63. The molecule has 2 fully saturated rings. The summed E-state index contributed by atoms with van der Waals surface area (Å²) in [7, 11) is 4.09. The average molecular weight is 344 g/mol. The minimum Gasteiger partial charge on any atom is -0.338 e. The number of piperidine rings is 1. The molecule has 0 aromatic carbocycles. The van der Waals surface area contributed by atoms with Crippen molar-refractivity contribution < 1.29 is 9.59 Å². The van der Waals surface area contributed by atoms with Crippen LogP contribution in [0.1, 0.15) is 31.4 Å². The zero-order valence-corrected chi connectivity index (χ0v) is 15.2. The first kappa shape index (κ1) is 17.9. The van der Waals surface area contributed by atoms with E-state index in [9.17, 15) is 9.59 Å². The fourth-order valence-electron chi connectivity index (χ4n) is 3.91. The topological polar surface area (TPSA) is 56.8 Å². The molecule has 6 nitrogen and oxygen atoms in total. The average Bonchev–Trinajstić information content (AvgIpc) is 2.96. The number of carbonyl (C=O) groups is 2. The molecule has 1 aromatic rings. The van der Waals surface area contributed by atoms with Gasteiger partial charge in [0.15, 0.2) is 0 Å². The van der Waals surface area contributed by atoms with Crippen molar-refractivity contribution in [3.63, 3.8) is 0 Å². The van der Waals surface area contributed by atoms with Gasteiger partial charge in [-0.15, -0.1) is 0 Å². The molecule has 2 amide bonds. The van der Waals surface area contributed by atoms with Crippen LogP contribution in [-0.2, 0) is 16.1 Å². The Morgan fingerprint density at radius 3 is 2.88 bits per heavy atom. The normalized spacial score (nSPS) is 24.2. The third-order valence-corrected chi connectivity index (χ3v) is 5.13. The smallest absolute Gasteiger partial charge is 0.228 e. The molecule has 2 aliphatic rings. The Bertz CT molecular complexity index is 605. The molecule has 0 N–H and O–H groups in total. The molecule has 136 valence electrons. The van der Waals surface area contributed by atoms with Crippen LogP contribution in [0.3, 0.4) is 0 Å². The first-order valence-corrected chi connectivity index (χ1v) is 9.17. The van der Waals surface area contributed by atoms with E-state index in [-0.39, 0.29) is 23.8 Å². The second kappa shape index (κ2) is 7.95. The van der Waals surface area contributed by atoms with E-state index in [0.29, 0.717) is 19.5 Å². The van der Waals surface area contributed by atoms with E-state index in [4.69, 9.17) is 0 Å². The summed E-state index contributed by atoms with van der Waals surface area (Å²) in [6.07, 6.45) is 5.36. The number of rotatable bonds is 5. The maximum absolute atomic E-state index is 13.0. The number of amides is 2. The van der Waals surface area contributed by atoms with Crippen molar-refractivity contribution in [1.29, 1.82) is 0 Å². The van der Waals surface area contributed by atoms with Crippen LogP contribution in [0.5, 0.6) is 0 Å². The van der Waals surface area contributed by atoms with Crippen LogP contribution in [0.15, 0.2) is 24.4 Å². The van der Waals surface area contributed by atoms with Crippen LogP contribution in [0.2, 0.25) is 0 Å². The molecule has 0 saturated carbocycles. The Morgan fingerprint density at radius 2 is 2.16 bits per heavy atom. The molecule has 3 rings (SSSR count). The molecule has 0 aliphatic carbocycles. The summed E-state index contributed by atoms with van der Waals surface area (Å²) in [5.74, 6) is 0.00701. The Labute approximate surface area is 149 Å². The maximum atomic E-state index is 13.0. The number of aromatic nitrogens is 1. The van der Waals surface area contributed by atoms with Crippen LogP contribution in [-0.4, -0.2) is 71.3 Å². The van der Waals surface area contributed by atoms with E-state index >= 15 is 0 Å². The summed E-state index contributed by atoms with van der Waals surface area (Å²) >= 11 is 0. The summed E-state index contributed by atoms with van der Waals surface area (Å²) in [6, 6.07) is 5.98. The fourth-order valence-corrected chi connectivity index (χ4v) is 3.91. The molecule has 3 heterocycles. The zero-order valence-electron chi connectivity index (χ0n) is 15.2. The number of likely N-dealkylation sites (tertiary alicyclic amines) is 2. The predicted octanol–water partition coefficient (Wildman–Crippen LogP) is 1.37. The molecule has 0 radical (unpaired) electrons. The molecule has 25 heavy (non-hydrogen) atoms. The molecule has 1 aromatic heterocycles. The van der Waals surface area contributed by atoms with Crippen molar-refractivity contribution in [2.75, 3.05) is 33.7 Å². The lowest BCUT2D eigenvalue weighted by atomic mass is 9.98. The molecule has 0 bridgehead atoms. The minimum absolute atomic E-state index is 0.0603. The second-order valence-electron chi connectivity index (χ2n) is 7.44. The highest BCUT2D eigenvalue weighted by Crippen LogP contribution is 2.26. The lowest BCUT2D eigenvalue weighted by molar-refractivity contribution is -0.139. The summed E-state index contributed by atoms with van der Waals surface area (Å²) in [4.78, 5) is 35.6. The molecule has 2 atom stereocenters. The van der Waals surface area contributed by atoms with Gasteiger partial charge in [-0.1, -0.05) is 6.07 Å². The highest BCUT2D eigenvalue weighted by molar-refractivity contribution is 5.89. The number of carbonyl (C=O) groups excluding carboxylic acids is 2. The molecule has 0 unspecified atom stereocenters. The van der Waals surface area contributed by atoms with Crippen molar-refractivity contribution in [2.45, 2.75) is 38.3 Å². The van der Waals surface area contributed by atoms with Gasteiger partial charge in [-0.3, -0.25) is 14.6 Å². The highest BCUT2D eigenvalue weighted by Gasteiger charge is 2.39. The van der Waals surface area contributed by atoms with E-state index in [2.05, 4.69) is 9.88 Å². The molecular formula is C19H28N4O2. The highest BCUT2D eigenvalue weighted by atomic mass is 16.2. The van der Waals surface area contributed by atoms with Crippen LogP contribution in [0.25, 0.3) is 0 Å². The van der Waals surface area contributed by atoms with Gasteiger partial charge >= 0.3 is 0 Å². The van der Waals surface area contributed by atoms with E-state index < -0.39 is 0 Å². The molecule has 2 saturated heterocycles. The van der Waals surface area contributed by atoms with E-state index in [1.54, 1.807) is 11.1 Å². The number of hydrogen-bond donors (Lipinski definition) is 0. The number of pyridine rings is 1. The van der Waals surface area contributed by atoms with Gasteiger partial charge in [0.2, 0.25) is 11.8 Å². The van der Waals surface area contributed by atoms with Gasteiger partial charge < -0.3 is 14.7 Å². The van der Waals surface area contributed by atoms with Crippen molar-refractivity contribution in [3.05, 3.63) is 30.1 Å². The number of nitrogens with zero attached hydrogens (tertiary/aromatic N) is 4. The first-order valence-electron chi connectivity index (χ1n) is 9.17. The molecule has 0 spiro atoms. The molecule has 6 heteroatoms. The van der Waals surface area contributed by atoms with E-state index in [1.807, 2.05) is 37.2 Å². The Hall–Kier alpha value is -1.95. The molecular weight excluding hydrogens is 316 g/mol. The lowest BCUT2D eigenvalue weighted by Crippen LogP contribution is -2.50. The summed E-state index contributed by atoms with van der Waals surface area (Å²) in [6.45, 7) is 2.72. The zero-order chi connectivity index (χ0) is 17.8. The first-order chi connectivity index (χ1) is 12.0. The predicted molar refractivity (Wildman–Crippen MR) is 95.7 cm³/mol. The number of likely N-dealkylation sites (N-methyl/N-ethyl adjacent to an activating group) is 1. The van der Waals surface area contributed by atoms with Crippen molar-refractivity contribution >= 4 is 11.8 Å². The standard InChI is InChI=1S/C19H28N4O2/c1-21(2)14-17-8-4-6-10-23(17)19(25)15-11-18(24)22(12-15)13-16-7-3-5-9-20-16/h3,5,7,9,15,17H,4,6,8,10-14H2,1-2H3/t15-,17+/m1/s1. The van der Waals surface area contributed by atoms with E-state index in [1.165, 1.54) is 6.42 Å². The third-order valence-electron chi connectivity index (χ3n) is 5.13. The van der Waals surface area contributed by atoms with Crippen LogP contribution < -0.4 is 0 Å². The van der Waals surface area contributed by atoms with Gasteiger partial charge in [0.25, 0.3) is 0 Å². The SMILES string of the molecule is CN(C)C[C@@H]1CCCCN1C(=O)[C@@H]1CC(=O)N(Cc2ccccn2)C1. The second-order valence-corrected chi connectivity index (χ2v) is 7.44. The monoisotopic (exact) mass is 344 g/mol.